The zero-order chi connectivity index (χ0) is 15.2. The van der Waals surface area contributed by atoms with Crippen molar-refractivity contribution in [1.82, 2.24) is 5.32 Å². The van der Waals surface area contributed by atoms with Crippen molar-refractivity contribution in [3.8, 4) is 5.75 Å². The molecular weight excluding hydrogens is 333 g/mol. The number of rotatable bonds is 6. The summed E-state index contributed by atoms with van der Waals surface area (Å²) in [6, 6.07) is 12.9. The Bertz CT molecular complexity index is 601. The minimum Gasteiger partial charge on any atom is -0.489 e. The lowest BCUT2D eigenvalue weighted by molar-refractivity contribution is 0.301. The molecule has 4 heteroatoms. The summed E-state index contributed by atoms with van der Waals surface area (Å²) in [7, 11) is 0. The fraction of sp³-hybridized carbons (Fsp3) is 0.294. The summed E-state index contributed by atoms with van der Waals surface area (Å²) in [5.41, 5.74) is 1.90. The van der Waals surface area contributed by atoms with Crippen LogP contribution < -0.4 is 10.1 Å². The highest BCUT2D eigenvalue weighted by molar-refractivity contribution is 9.10. The van der Waals surface area contributed by atoms with Crippen LogP contribution in [0.3, 0.4) is 0 Å². The van der Waals surface area contributed by atoms with Gasteiger partial charge in [0.25, 0.3) is 0 Å². The molecule has 0 bridgehead atoms. The van der Waals surface area contributed by atoms with Crippen LogP contribution in [-0.2, 0) is 13.2 Å². The van der Waals surface area contributed by atoms with Crippen molar-refractivity contribution < 1.29 is 9.13 Å². The van der Waals surface area contributed by atoms with Gasteiger partial charge in [-0.3, -0.25) is 0 Å². The third-order valence-electron chi connectivity index (χ3n) is 3.01. The van der Waals surface area contributed by atoms with Crippen LogP contribution >= 0.6 is 15.9 Å². The van der Waals surface area contributed by atoms with Gasteiger partial charge in [-0.2, -0.15) is 0 Å². The Hall–Kier alpha value is -1.39. The average molecular weight is 352 g/mol. The number of hydrogen-bond acceptors (Lipinski definition) is 2. The lowest BCUT2D eigenvalue weighted by atomic mass is 10.2. The number of hydrogen-bond donors (Lipinski definition) is 1. The second-order valence-electron chi connectivity index (χ2n) is 5.21. The van der Waals surface area contributed by atoms with Gasteiger partial charge in [0.1, 0.15) is 18.2 Å². The van der Waals surface area contributed by atoms with Crippen LogP contribution in [0.15, 0.2) is 46.9 Å². The van der Waals surface area contributed by atoms with Crippen molar-refractivity contribution in [3.05, 3.63) is 63.9 Å². The fourth-order valence-corrected chi connectivity index (χ4v) is 2.38. The molecule has 0 unspecified atom stereocenters. The summed E-state index contributed by atoms with van der Waals surface area (Å²) in [6.45, 7) is 5.16. The third-order valence-corrected chi connectivity index (χ3v) is 3.50. The molecule has 112 valence electrons. The predicted molar refractivity (Wildman–Crippen MR) is 86.8 cm³/mol. The molecule has 0 saturated carbocycles. The zero-order valence-electron chi connectivity index (χ0n) is 12.2. The lowest BCUT2D eigenvalue weighted by Gasteiger charge is -2.14. The van der Waals surface area contributed by atoms with E-state index in [1.807, 2.05) is 24.3 Å². The Kier molecular flexibility index (Phi) is 5.76. The van der Waals surface area contributed by atoms with Crippen molar-refractivity contribution in [1.29, 1.82) is 0 Å². The van der Waals surface area contributed by atoms with Gasteiger partial charge in [-0.25, -0.2) is 4.39 Å². The summed E-state index contributed by atoms with van der Waals surface area (Å²) >= 11 is 3.44. The fourth-order valence-electron chi connectivity index (χ4n) is 1.93. The van der Waals surface area contributed by atoms with Crippen LogP contribution in [0.1, 0.15) is 25.0 Å². The first-order valence-corrected chi connectivity index (χ1v) is 7.73. The molecule has 0 amide bonds. The largest absolute Gasteiger partial charge is 0.489 e. The summed E-state index contributed by atoms with van der Waals surface area (Å²) in [4.78, 5) is 0. The standard InChI is InChI=1S/C17H19BrFNO/c1-12(2)20-10-14-9-16(19)6-7-17(14)21-11-13-4-3-5-15(18)8-13/h3-9,12,20H,10-11H2,1-2H3. The second-order valence-corrected chi connectivity index (χ2v) is 6.12. The Balaban J connectivity index is 2.08. The SMILES string of the molecule is CC(C)NCc1cc(F)ccc1OCc1cccc(Br)c1. The number of halogens is 2. The maximum Gasteiger partial charge on any atom is 0.124 e. The molecule has 2 aromatic rings. The summed E-state index contributed by atoms with van der Waals surface area (Å²) in [5.74, 6) is 0.467. The molecule has 0 aliphatic carbocycles. The van der Waals surface area contributed by atoms with Crippen molar-refractivity contribution >= 4 is 15.9 Å². The van der Waals surface area contributed by atoms with Crippen LogP contribution in [0, 0.1) is 5.82 Å². The van der Waals surface area contributed by atoms with Gasteiger partial charge in [-0.05, 0) is 35.9 Å². The van der Waals surface area contributed by atoms with Gasteiger partial charge in [0, 0.05) is 22.6 Å². The summed E-state index contributed by atoms with van der Waals surface area (Å²) in [6.07, 6.45) is 0. The van der Waals surface area contributed by atoms with Crippen molar-refractivity contribution in [3.63, 3.8) is 0 Å². The van der Waals surface area contributed by atoms with Crippen molar-refractivity contribution in [2.24, 2.45) is 0 Å². The summed E-state index contributed by atoms with van der Waals surface area (Å²) in [5, 5.41) is 3.28. The first-order valence-electron chi connectivity index (χ1n) is 6.93. The molecule has 2 rings (SSSR count). The highest BCUT2D eigenvalue weighted by Gasteiger charge is 2.07. The first-order chi connectivity index (χ1) is 10.0. The van der Waals surface area contributed by atoms with Gasteiger partial charge >= 0.3 is 0 Å². The zero-order valence-corrected chi connectivity index (χ0v) is 13.8. The van der Waals surface area contributed by atoms with Crippen LogP contribution in [0.5, 0.6) is 5.75 Å². The molecule has 0 aliphatic heterocycles. The molecule has 0 saturated heterocycles. The number of nitrogens with one attached hydrogen (secondary N) is 1. The van der Waals surface area contributed by atoms with Crippen LogP contribution in [-0.4, -0.2) is 6.04 Å². The molecule has 0 spiro atoms. The molecule has 0 atom stereocenters. The molecular formula is C17H19BrFNO. The van der Waals surface area contributed by atoms with Gasteiger partial charge in [0.05, 0.1) is 0 Å². The molecule has 0 radical (unpaired) electrons. The van der Waals surface area contributed by atoms with E-state index in [1.54, 1.807) is 6.07 Å². The minimum atomic E-state index is -0.245. The van der Waals surface area contributed by atoms with E-state index in [4.69, 9.17) is 4.74 Å². The lowest BCUT2D eigenvalue weighted by Crippen LogP contribution is -2.22. The molecule has 21 heavy (non-hydrogen) atoms. The molecule has 1 N–H and O–H groups in total. The second kappa shape index (κ2) is 7.57. The highest BCUT2D eigenvalue weighted by atomic mass is 79.9. The third kappa shape index (κ3) is 5.14. The summed E-state index contributed by atoms with van der Waals surface area (Å²) < 4.78 is 20.3. The smallest absolute Gasteiger partial charge is 0.124 e. The highest BCUT2D eigenvalue weighted by Crippen LogP contribution is 2.22. The van der Waals surface area contributed by atoms with Gasteiger partial charge in [-0.15, -0.1) is 0 Å². The van der Waals surface area contributed by atoms with Crippen LogP contribution in [0.4, 0.5) is 4.39 Å². The number of benzene rings is 2. The van der Waals surface area contributed by atoms with E-state index >= 15 is 0 Å². The van der Waals surface area contributed by atoms with Gasteiger partial charge in [0.15, 0.2) is 0 Å². The van der Waals surface area contributed by atoms with E-state index in [-0.39, 0.29) is 5.82 Å². The maximum atomic E-state index is 13.4. The number of ether oxygens (including phenoxy) is 1. The average Bonchev–Trinajstić information content (AvgIpc) is 2.44. The molecule has 0 heterocycles. The van der Waals surface area contributed by atoms with E-state index in [0.29, 0.717) is 24.9 Å². The topological polar surface area (TPSA) is 21.3 Å². The van der Waals surface area contributed by atoms with Gasteiger partial charge < -0.3 is 10.1 Å². The maximum absolute atomic E-state index is 13.4. The van der Waals surface area contributed by atoms with E-state index < -0.39 is 0 Å². The van der Waals surface area contributed by atoms with Crippen molar-refractivity contribution in [2.75, 3.05) is 0 Å². The van der Waals surface area contributed by atoms with E-state index in [1.165, 1.54) is 12.1 Å². The predicted octanol–water partition coefficient (Wildman–Crippen LogP) is 4.67. The van der Waals surface area contributed by atoms with E-state index in [2.05, 4.69) is 35.1 Å². The minimum absolute atomic E-state index is 0.245. The van der Waals surface area contributed by atoms with Gasteiger partial charge in [0.2, 0.25) is 0 Å². The monoisotopic (exact) mass is 351 g/mol. The van der Waals surface area contributed by atoms with Crippen LogP contribution in [0.2, 0.25) is 0 Å². The Morgan fingerprint density at radius 1 is 1.19 bits per heavy atom. The van der Waals surface area contributed by atoms with Gasteiger partial charge in [-0.1, -0.05) is 41.9 Å². The van der Waals surface area contributed by atoms with Crippen LogP contribution in [0.25, 0.3) is 0 Å². The van der Waals surface area contributed by atoms with E-state index in [9.17, 15) is 4.39 Å². The Labute approximate surface area is 133 Å². The Morgan fingerprint density at radius 3 is 2.71 bits per heavy atom. The normalized spacial score (nSPS) is 10.9. The molecule has 0 fully saturated rings. The molecule has 2 nitrogen and oxygen atoms in total. The van der Waals surface area contributed by atoms with Crippen molar-refractivity contribution in [2.45, 2.75) is 33.0 Å². The Morgan fingerprint density at radius 2 is 2.00 bits per heavy atom. The molecule has 0 aliphatic rings. The first kappa shape index (κ1) is 16.0. The molecule has 0 aromatic heterocycles. The quantitative estimate of drug-likeness (QED) is 0.816. The van der Waals surface area contributed by atoms with E-state index in [0.717, 1.165) is 15.6 Å². The molecule has 2 aromatic carbocycles.